The number of benzene rings is 8. The van der Waals surface area contributed by atoms with Crippen LogP contribution in [-0.2, 0) is 0 Å². The van der Waals surface area contributed by atoms with Gasteiger partial charge in [0.05, 0.1) is 0 Å². The lowest BCUT2D eigenvalue weighted by molar-refractivity contribution is 0.489. The van der Waals surface area contributed by atoms with E-state index in [4.69, 9.17) is 4.74 Å². The highest BCUT2D eigenvalue weighted by molar-refractivity contribution is 6.26. The van der Waals surface area contributed by atoms with Crippen LogP contribution < -0.4 is 4.74 Å². The maximum atomic E-state index is 6.82. The van der Waals surface area contributed by atoms with Crippen LogP contribution in [0.2, 0.25) is 0 Å². The van der Waals surface area contributed by atoms with Gasteiger partial charge >= 0.3 is 0 Å². The minimum atomic E-state index is 0.903. The molecule has 1 aliphatic heterocycles. The fourth-order valence-corrected chi connectivity index (χ4v) is 6.61. The van der Waals surface area contributed by atoms with Gasteiger partial charge in [-0.15, -0.1) is 0 Å². The molecule has 0 amide bonds. The Labute approximate surface area is 225 Å². The minimum absolute atomic E-state index is 0.903. The molecule has 0 unspecified atom stereocenters. The predicted molar refractivity (Wildman–Crippen MR) is 164 cm³/mol. The van der Waals surface area contributed by atoms with E-state index in [1.165, 1.54) is 65.3 Å². The zero-order chi connectivity index (χ0) is 25.5. The van der Waals surface area contributed by atoms with E-state index in [9.17, 15) is 0 Å². The monoisotopic (exact) mass is 494 g/mol. The molecule has 0 N–H and O–H groups in total. The van der Waals surface area contributed by atoms with Crippen LogP contribution in [0.4, 0.5) is 0 Å². The van der Waals surface area contributed by atoms with E-state index in [1.54, 1.807) is 0 Å². The lowest BCUT2D eigenvalue weighted by atomic mass is 9.87. The van der Waals surface area contributed by atoms with E-state index in [2.05, 4.69) is 133 Å². The van der Waals surface area contributed by atoms with E-state index in [0.717, 1.165) is 22.6 Å². The Hall–Kier alpha value is -5.14. The molecule has 0 aromatic heterocycles. The zero-order valence-corrected chi connectivity index (χ0v) is 21.1. The van der Waals surface area contributed by atoms with Gasteiger partial charge in [-0.1, -0.05) is 115 Å². The summed E-state index contributed by atoms with van der Waals surface area (Å²) in [5.41, 5.74) is 7.10. The third-order valence-corrected chi connectivity index (χ3v) is 8.41. The van der Waals surface area contributed by atoms with Crippen molar-refractivity contribution in [1.82, 2.24) is 0 Å². The molecule has 9 rings (SSSR count). The lowest BCUT2D eigenvalue weighted by Crippen LogP contribution is -2.00. The maximum Gasteiger partial charge on any atom is 0.143 e. The minimum Gasteiger partial charge on any atom is -0.455 e. The summed E-state index contributed by atoms with van der Waals surface area (Å²) in [6, 6.07) is 48.3. The van der Waals surface area contributed by atoms with Crippen molar-refractivity contribution < 1.29 is 4.74 Å². The van der Waals surface area contributed by atoms with Crippen molar-refractivity contribution in [2.45, 2.75) is 0 Å². The molecule has 1 aliphatic rings. The summed E-state index contributed by atoms with van der Waals surface area (Å²) in [5.74, 6) is 1.85. The summed E-state index contributed by atoms with van der Waals surface area (Å²) >= 11 is 0. The summed E-state index contributed by atoms with van der Waals surface area (Å²) in [4.78, 5) is 0. The molecule has 8 aromatic rings. The second-order valence-corrected chi connectivity index (χ2v) is 10.5. The van der Waals surface area contributed by atoms with E-state index < -0.39 is 0 Å². The van der Waals surface area contributed by atoms with Crippen molar-refractivity contribution >= 4 is 43.1 Å². The van der Waals surface area contributed by atoms with Gasteiger partial charge in [0.15, 0.2) is 0 Å². The van der Waals surface area contributed by atoms with Crippen molar-refractivity contribution in [2.24, 2.45) is 0 Å². The Balaban J connectivity index is 1.33. The maximum absolute atomic E-state index is 6.82. The van der Waals surface area contributed by atoms with Crippen molar-refractivity contribution in [3.8, 4) is 44.9 Å². The summed E-state index contributed by atoms with van der Waals surface area (Å²) in [6.07, 6.45) is 0. The molecule has 0 saturated heterocycles. The lowest BCUT2D eigenvalue weighted by Gasteiger charge is -2.25. The Morgan fingerprint density at radius 2 is 1.03 bits per heavy atom. The second-order valence-electron chi connectivity index (χ2n) is 10.5. The van der Waals surface area contributed by atoms with E-state index in [0.29, 0.717) is 0 Å². The van der Waals surface area contributed by atoms with E-state index in [1.807, 2.05) is 0 Å². The van der Waals surface area contributed by atoms with E-state index in [-0.39, 0.29) is 0 Å². The van der Waals surface area contributed by atoms with Crippen LogP contribution in [0.1, 0.15) is 0 Å². The van der Waals surface area contributed by atoms with Crippen LogP contribution in [0.3, 0.4) is 0 Å². The number of fused-ring (bicyclic) bond motifs is 2. The van der Waals surface area contributed by atoms with Gasteiger partial charge in [-0.2, -0.15) is 0 Å². The molecule has 0 spiro atoms. The van der Waals surface area contributed by atoms with Gasteiger partial charge in [-0.25, -0.2) is 0 Å². The predicted octanol–water partition coefficient (Wildman–Crippen LogP) is 10.8. The number of hydrogen-bond acceptors (Lipinski definition) is 1. The van der Waals surface area contributed by atoms with Crippen LogP contribution >= 0.6 is 0 Å². The molecule has 39 heavy (non-hydrogen) atoms. The average Bonchev–Trinajstić information content (AvgIpc) is 3.00. The fourth-order valence-electron chi connectivity index (χ4n) is 6.61. The number of hydrogen-bond donors (Lipinski definition) is 0. The van der Waals surface area contributed by atoms with Crippen LogP contribution in [0.25, 0.3) is 76.5 Å². The van der Waals surface area contributed by atoms with Gasteiger partial charge in [-0.05, 0) is 78.2 Å². The van der Waals surface area contributed by atoms with Crippen LogP contribution in [0.15, 0.2) is 133 Å². The standard InChI is InChI=1S/C38H22O/c1-2-6-23(7-3-1)28-17-21-34-33(22-28)30-11-5-10-26-16-20-32(38(39-34)37(26)30)29-18-14-27-13-12-24-8-4-9-25-15-19-31(29)36(27)35(24)25/h1-22H. The summed E-state index contributed by atoms with van der Waals surface area (Å²) in [7, 11) is 0. The molecule has 0 saturated carbocycles. The Bertz CT molecular complexity index is 2230. The Kier molecular flexibility index (Phi) is 4.11. The first-order valence-corrected chi connectivity index (χ1v) is 13.4. The first kappa shape index (κ1) is 20.9. The smallest absolute Gasteiger partial charge is 0.143 e. The summed E-state index contributed by atoms with van der Waals surface area (Å²) < 4.78 is 6.82. The van der Waals surface area contributed by atoms with Crippen molar-refractivity contribution in [3.05, 3.63) is 133 Å². The molecule has 0 radical (unpaired) electrons. The summed E-state index contributed by atoms with van der Waals surface area (Å²) in [5, 5.41) is 10.1. The average molecular weight is 495 g/mol. The van der Waals surface area contributed by atoms with Gasteiger partial charge < -0.3 is 4.74 Å². The van der Waals surface area contributed by atoms with Gasteiger partial charge in [0.25, 0.3) is 0 Å². The van der Waals surface area contributed by atoms with Gasteiger partial charge in [-0.3, -0.25) is 0 Å². The quantitative estimate of drug-likeness (QED) is 0.217. The molecule has 0 aliphatic carbocycles. The second kappa shape index (κ2) is 7.69. The molecule has 0 bridgehead atoms. The van der Waals surface area contributed by atoms with Gasteiger partial charge in [0, 0.05) is 16.5 Å². The third kappa shape index (κ3) is 2.90. The molecule has 0 atom stereocenters. The van der Waals surface area contributed by atoms with Crippen molar-refractivity contribution in [1.29, 1.82) is 0 Å². The molecular weight excluding hydrogens is 472 g/mol. The first-order chi connectivity index (χ1) is 19.3. The molecule has 0 fully saturated rings. The molecule has 1 heterocycles. The summed E-state index contributed by atoms with van der Waals surface area (Å²) in [6.45, 7) is 0. The van der Waals surface area contributed by atoms with Crippen molar-refractivity contribution in [2.75, 3.05) is 0 Å². The SMILES string of the molecule is c1ccc(-c2ccc3c(c2)-c2cccc4ccc(-c5ccc6ccc7cccc8ccc5c6c78)c(c24)O3)cc1. The zero-order valence-electron chi connectivity index (χ0n) is 21.1. The largest absolute Gasteiger partial charge is 0.455 e. The number of ether oxygens (including phenoxy) is 1. The fraction of sp³-hybridized carbons (Fsp3) is 0. The molecule has 180 valence electrons. The highest BCUT2D eigenvalue weighted by atomic mass is 16.5. The Morgan fingerprint density at radius 3 is 1.85 bits per heavy atom. The number of rotatable bonds is 2. The van der Waals surface area contributed by atoms with Crippen molar-refractivity contribution in [3.63, 3.8) is 0 Å². The molecule has 1 heteroatoms. The molecule has 8 aromatic carbocycles. The van der Waals surface area contributed by atoms with Crippen LogP contribution in [0, 0.1) is 0 Å². The van der Waals surface area contributed by atoms with Crippen LogP contribution in [-0.4, -0.2) is 0 Å². The van der Waals surface area contributed by atoms with Gasteiger partial charge in [0.2, 0.25) is 0 Å². The highest BCUT2D eigenvalue weighted by Crippen LogP contribution is 2.52. The molecule has 1 nitrogen and oxygen atoms in total. The third-order valence-electron chi connectivity index (χ3n) is 8.41. The Morgan fingerprint density at radius 1 is 0.359 bits per heavy atom. The van der Waals surface area contributed by atoms with E-state index >= 15 is 0 Å². The highest BCUT2D eigenvalue weighted by Gasteiger charge is 2.24. The topological polar surface area (TPSA) is 9.23 Å². The normalized spacial score (nSPS) is 12.3. The molecular formula is C38H22O. The first-order valence-electron chi connectivity index (χ1n) is 13.4. The van der Waals surface area contributed by atoms with Gasteiger partial charge in [0.1, 0.15) is 11.5 Å². The van der Waals surface area contributed by atoms with Crippen LogP contribution in [0.5, 0.6) is 11.5 Å².